The third-order valence-corrected chi connectivity index (χ3v) is 7.96. The molecule has 2 aliphatic heterocycles. The van der Waals surface area contributed by atoms with Gasteiger partial charge in [-0.25, -0.2) is 0 Å². The van der Waals surface area contributed by atoms with Crippen LogP contribution in [0.3, 0.4) is 0 Å². The number of hydrogen-bond acceptors (Lipinski definition) is 6. The van der Waals surface area contributed by atoms with E-state index in [4.69, 9.17) is 16.3 Å². The topological polar surface area (TPSA) is 90.9 Å². The molecule has 2 aromatic carbocycles. The summed E-state index contributed by atoms with van der Waals surface area (Å²) in [6.45, 7) is 1.81. The predicted octanol–water partition coefficient (Wildman–Crippen LogP) is 4.61. The molecule has 1 saturated heterocycles. The third-order valence-electron chi connectivity index (χ3n) is 6.56. The maximum atomic E-state index is 13.9. The van der Waals surface area contributed by atoms with E-state index in [9.17, 15) is 22.8 Å². The lowest BCUT2D eigenvalue weighted by atomic mass is 9.93. The largest absolute Gasteiger partial charge is 0.416 e. The van der Waals surface area contributed by atoms with Gasteiger partial charge in [-0.2, -0.15) is 23.3 Å². The van der Waals surface area contributed by atoms with Crippen LogP contribution in [-0.2, 0) is 26.9 Å². The number of ether oxygens (including phenoxy) is 1. The van der Waals surface area contributed by atoms with Crippen molar-refractivity contribution in [3.63, 3.8) is 0 Å². The number of halogens is 4. The molecule has 2 aliphatic rings. The monoisotopic (exact) mass is 577 g/mol. The van der Waals surface area contributed by atoms with Crippen molar-refractivity contribution in [3.05, 3.63) is 69.2 Å². The highest BCUT2D eigenvalue weighted by Crippen LogP contribution is 2.40. The minimum Gasteiger partial charge on any atom is -0.375 e. The summed E-state index contributed by atoms with van der Waals surface area (Å²) in [6.07, 6.45) is -3.18. The van der Waals surface area contributed by atoms with Crippen LogP contribution in [0.4, 0.5) is 13.2 Å². The Morgan fingerprint density at radius 3 is 2.64 bits per heavy atom. The highest BCUT2D eigenvalue weighted by Gasteiger charge is 2.36. The number of piperazine rings is 1. The quantitative estimate of drug-likeness (QED) is 0.446. The van der Waals surface area contributed by atoms with E-state index in [0.29, 0.717) is 42.5 Å². The summed E-state index contributed by atoms with van der Waals surface area (Å²) >= 11 is 7.03. The van der Waals surface area contributed by atoms with Crippen LogP contribution in [0.2, 0.25) is 5.02 Å². The van der Waals surface area contributed by atoms with Crippen LogP contribution in [0.25, 0.3) is 16.5 Å². The van der Waals surface area contributed by atoms with Gasteiger partial charge in [-0.05, 0) is 59.1 Å². The Kier molecular flexibility index (Phi) is 7.70. The molecule has 0 unspecified atom stereocenters. The first-order valence-electron chi connectivity index (χ1n) is 12.0. The van der Waals surface area contributed by atoms with Crippen molar-refractivity contribution >= 4 is 56.8 Å². The summed E-state index contributed by atoms with van der Waals surface area (Å²) in [6, 6.07) is 8.95. The van der Waals surface area contributed by atoms with Crippen molar-refractivity contribution in [2.45, 2.75) is 12.6 Å². The van der Waals surface area contributed by atoms with E-state index in [-0.39, 0.29) is 34.4 Å². The number of methoxy groups -OCH3 is 1. The van der Waals surface area contributed by atoms with Crippen LogP contribution >= 0.6 is 23.4 Å². The van der Waals surface area contributed by atoms with Crippen LogP contribution in [0, 0.1) is 0 Å². The molecule has 8 nitrogen and oxygen atoms in total. The Bertz CT molecular complexity index is 1500. The minimum absolute atomic E-state index is 0.00392. The fraction of sp³-hybridized carbons (Fsp3) is 0.308. The first kappa shape index (κ1) is 27.2. The number of thioether (sulfide) groups is 1. The Balaban J connectivity index is 1.48. The second kappa shape index (κ2) is 11.0. The summed E-state index contributed by atoms with van der Waals surface area (Å²) in [7, 11) is 1.46. The van der Waals surface area contributed by atoms with E-state index in [2.05, 4.69) is 15.2 Å². The number of aromatic amines is 1. The van der Waals surface area contributed by atoms with Gasteiger partial charge in [0.2, 0.25) is 5.91 Å². The van der Waals surface area contributed by atoms with Crippen LogP contribution in [0.1, 0.15) is 16.7 Å². The van der Waals surface area contributed by atoms with E-state index in [1.807, 2.05) is 4.90 Å². The average Bonchev–Trinajstić information content (AvgIpc) is 3.53. The molecule has 1 aromatic heterocycles. The van der Waals surface area contributed by atoms with Crippen molar-refractivity contribution < 1.29 is 27.5 Å². The summed E-state index contributed by atoms with van der Waals surface area (Å²) in [5.41, 5.74) is 0.913. The van der Waals surface area contributed by atoms with E-state index in [1.165, 1.54) is 19.2 Å². The number of amides is 2. The second-order valence-electron chi connectivity index (χ2n) is 9.06. The van der Waals surface area contributed by atoms with E-state index >= 15 is 0 Å². The van der Waals surface area contributed by atoms with E-state index in [1.54, 1.807) is 29.3 Å². The number of amidine groups is 1. The normalized spacial score (nSPS) is 17.7. The molecule has 0 radical (unpaired) electrons. The average molecular weight is 578 g/mol. The number of aromatic nitrogens is 2. The highest BCUT2D eigenvalue weighted by atomic mass is 35.5. The Hall–Kier alpha value is -3.35. The first-order chi connectivity index (χ1) is 18.6. The molecule has 1 N–H and O–H groups in total. The van der Waals surface area contributed by atoms with Crippen molar-refractivity contribution in [3.8, 4) is 0 Å². The number of rotatable bonds is 5. The third kappa shape index (κ3) is 5.82. The molecule has 0 spiro atoms. The zero-order valence-electron chi connectivity index (χ0n) is 20.7. The summed E-state index contributed by atoms with van der Waals surface area (Å²) in [5.74, 6) is -0.632. The zero-order valence-corrected chi connectivity index (χ0v) is 22.3. The number of carbonyl (C=O) groups excluding carboxylic acids is 2. The molecule has 5 rings (SSSR count). The van der Waals surface area contributed by atoms with Crippen molar-refractivity contribution in [2.75, 3.05) is 39.9 Å². The number of allylic oxidation sites excluding steroid dienone is 1. The van der Waals surface area contributed by atoms with Gasteiger partial charge in [0, 0.05) is 43.7 Å². The number of alkyl halides is 3. The molecule has 0 atom stereocenters. The summed E-state index contributed by atoms with van der Waals surface area (Å²) < 4.78 is 46.7. The van der Waals surface area contributed by atoms with Crippen molar-refractivity contribution in [2.24, 2.45) is 4.99 Å². The van der Waals surface area contributed by atoms with Crippen LogP contribution < -0.4 is 0 Å². The van der Waals surface area contributed by atoms with Crippen molar-refractivity contribution in [1.29, 1.82) is 0 Å². The smallest absolute Gasteiger partial charge is 0.375 e. The maximum absolute atomic E-state index is 13.9. The number of nitrogens with zero attached hydrogens (tertiary/aromatic N) is 4. The fourth-order valence-corrected chi connectivity index (χ4v) is 5.83. The molecule has 0 saturated carbocycles. The lowest BCUT2D eigenvalue weighted by molar-refractivity contribution is -0.138. The molecule has 3 aromatic rings. The molecule has 39 heavy (non-hydrogen) atoms. The summed E-state index contributed by atoms with van der Waals surface area (Å²) in [5, 5.41) is 8.06. The zero-order chi connectivity index (χ0) is 27.7. The van der Waals surface area contributed by atoms with Gasteiger partial charge in [-0.15, -0.1) is 0 Å². The number of hydrogen-bond donors (Lipinski definition) is 1. The molecular formula is C26H23ClF3N5O3S. The van der Waals surface area contributed by atoms with Gasteiger partial charge in [0.15, 0.2) is 5.17 Å². The number of H-pyrrole nitrogens is 1. The number of nitrogens with one attached hydrogen (secondary N) is 1. The van der Waals surface area contributed by atoms with Gasteiger partial charge < -0.3 is 14.5 Å². The lowest BCUT2D eigenvalue weighted by Crippen LogP contribution is -2.50. The van der Waals surface area contributed by atoms with Gasteiger partial charge in [0.25, 0.3) is 5.91 Å². The molecule has 2 amide bonds. The predicted molar refractivity (Wildman–Crippen MR) is 143 cm³/mol. The SMILES string of the molecule is COCC(=O)N1CCN(C2=NC(=O)C(=C(Cc3ccc(Cl)cc3C(F)(F)F)c3ccc4[nH]ncc4c3)S2)CC1. The number of benzene rings is 2. The molecule has 13 heteroatoms. The van der Waals surface area contributed by atoms with E-state index in [0.717, 1.165) is 28.7 Å². The van der Waals surface area contributed by atoms with Gasteiger partial charge >= 0.3 is 6.18 Å². The van der Waals surface area contributed by atoms with Gasteiger partial charge in [0.05, 0.1) is 22.2 Å². The van der Waals surface area contributed by atoms with Crippen molar-refractivity contribution in [1.82, 2.24) is 20.0 Å². The molecule has 1 fully saturated rings. The Morgan fingerprint density at radius 1 is 1.15 bits per heavy atom. The molecule has 0 bridgehead atoms. The Labute approximate surface area is 230 Å². The van der Waals surface area contributed by atoms with Gasteiger partial charge in [-0.1, -0.05) is 23.7 Å². The minimum atomic E-state index is -4.63. The first-order valence-corrected chi connectivity index (χ1v) is 13.2. The molecule has 0 aliphatic carbocycles. The maximum Gasteiger partial charge on any atom is 0.416 e. The fourth-order valence-electron chi connectivity index (χ4n) is 4.58. The highest BCUT2D eigenvalue weighted by molar-refractivity contribution is 8.18. The van der Waals surface area contributed by atoms with Crippen LogP contribution in [-0.4, -0.2) is 76.9 Å². The van der Waals surface area contributed by atoms with Crippen LogP contribution in [0.5, 0.6) is 0 Å². The molecule has 204 valence electrons. The van der Waals surface area contributed by atoms with Gasteiger partial charge in [0.1, 0.15) is 6.61 Å². The van der Waals surface area contributed by atoms with Crippen LogP contribution in [0.15, 0.2) is 52.5 Å². The number of fused-ring (bicyclic) bond motifs is 1. The number of carbonyl (C=O) groups is 2. The Morgan fingerprint density at radius 2 is 1.92 bits per heavy atom. The lowest BCUT2D eigenvalue weighted by Gasteiger charge is -2.35. The summed E-state index contributed by atoms with van der Waals surface area (Å²) in [4.78, 5) is 33.4. The molecule has 3 heterocycles. The van der Waals surface area contributed by atoms with Gasteiger partial charge in [-0.3, -0.25) is 14.7 Å². The number of aliphatic imine (C=N–C) groups is 1. The standard InChI is InChI=1S/C26H23ClF3N5O3S/c1-38-14-22(36)34-6-8-35(9-7-34)25-32-24(37)23(39-25)19(15-3-5-21-17(10-15)13-31-33-21)11-16-2-4-18(27)12-20(16)26(28,29)30/h2-5,10,12-13H,6-9,11,14H2,1H3,(H,31,33). The molecular weight excluding hydrogens is 555 g/mol. The second-order valence-corrected chi connectivity index (χ2v) is 10.5. The van der Waals surface area contributed by atoms with E-state index < -0.39 is 17.6 Å².